The molecule has 1 amide bonds. The minimum atomic E-state index is -0.0414. The third-order valence-electron chi connectivity index (χ3n) is 4.28. The highest BCUT2D eigenvalue weighted by atomic mass is 32.1. The second-order valence-electron chi connectivity index (χ2n) is 6.01. The van der Waals surface area contributed by atoms with E-state index in [2.05, 4.69) is 9.97 Å². The lowest BCUT2D eigenvalue weighted by Crippen LogP contribution is -2.31. The van der Waals surface area contributed by atoms with Gasteiger partial charge in [0.2, 0.25) is 0 Å². The molecule has 4 rings (SSSR count). The Morgan fingerprint density at radius 3 is 2.73 bits per heavy atom. The number of thiazole rings is 1. The smallest absolute Gasteiger partial charge is 0.258 e. The Labute approximate surface area is 155 Å². The Balaban J connectivity index is 1.76. The van der Waals surface area contributed by atoms with Gasteiger partial charge in [-0.25, -0.2) is 4.98 Å². The van der Waals surface area contributed by atoms with Gasteiger partial charge in [0.25, 0.3) is 5.91 Å². The average molecular weight is 359 g/mol. The molecule has 2 aromatic heterocycles. The zero-order chi connectivity index (χ0) is 17.9. The molecule has 0 fully saturated rings. The highest BCUT2D eigenvalue weighted by molar-refractivity contribution is 7.09. The first-order valence-corrected chi connectivity index (χ1v) is 9.21. The summed E-state index contributed by atoms with van der Waals surface area (Å²) in [5.41, 5.74) is 3.48. The number of fused-ring (bicyclic) bond motifs is 1. The molecule has 0 aliphatic rings. The van der Waals surface area contributed by atoms with Crippen molar-refractivity contribution in [2.75, 3.05) is 4.90 Å². The normalized spacial score (nSPS) is 10.8. The van der Waals surface area contributed by atoms with Gasteiger partial charge in [-0.2, -0.15) is 0 Å². The molecule has 4 nitrogen and oxygen atoms in total. The van der Waals surface area contributed by atoms with Crippen molar-refractivity contribution < 1.29 is 4.79 Å². The molecule has 26 heavy (non-hydrogen) atoms. The van der Waals surface area contributed by atoms with E-state index in [4.69, 9.17) is 0 Å². The van der Waals surface area contributed by atoms with Crippen LogP contribution in [0.15, 0.2) is 72.4 Å². The molecule has 5 heteroatoms. The molecule has 2 heterocycles. The van der Waals surface area contributed by atoms with Gasteiger partial charge in [0.05, 0.1) is 12.1 Å². The van der Waals surface area contributed by atoms with Crippen molar-refractivity contribution in [3.8, 4) is 0 Å². The number of anilines is 1. The van der Waals surface area contributed by atoms with Crippen molar-refractivity contribution in [2.24, 2.45) is 0 Å². The Hall–Kier alpha value is -3.05. The number of benzene rings is 2. The van der Waals surface area contributed by atoms with Crippen molar-refractivity contribution >= 4 is 33.8 Å². The summed E-state index contributed by atoms with van der Waals surface area (Å²) >= 11 is 1.55. The van der Waals surface area contributed by atoms with E-state index in [0.717, 1.165) is 27.2 Å². The number of carbonyl (C=O) groups excluding carboxylic acids is 1. The van der Waals surface area contributed by atoms with E-state index < -0.39 is 0 Å². The van der Waals surface area contributed by atoms with Crippen molar-refractivity contribution in [2.45, 2.75) is 13.5 Å². The lowest BCUT2D eigenvalue weighted by atomic mass is 10.1. The number of carbonyl (C=O) groups is 1. The highest BCUT2D eigenvalue weighted by Crippen LogP contribution is 2.25. The fourth-order valence-corrected chi connectivity index (χ4v) is 3.57. The molecular formula is C21H17N3OS. The van der Waals surface area contributed by atoms with Crippen LogP contribution in [-0.2, 0) is 6.54 Å². The first-order chi connectivity index (χ1) is 12.7. The van der Waals surface area contributed by atoms with Crippen LogP contribution in [-0.4, -0.2) is 15.9 Å². The second kappa shape index (κ2) is 7.06. The fraction of sp³-hybridized carbons (Fsp3) is 0.0952. The number of hydrogen-bond acceptors (Lipinski definition) is 4. The van der Waals surface area contributed by atoms with Crippen LogP contribution in [0.4, 0.5) is 5.69 Å². The number of pyridine rings is 1. The van der Waals surface area contributed by atoms with Crippen LogP contribution in [0.5, 0.6) is 0 Å². The Bertz CT molecular complexity index is 1060. The summed E-state index contributed by atoms with van der Waals surface area (Å²) in [6.45, 7) is 2.47. The lowest BCUT2D eigenvalue weighted by Gasteiger charge is -2.24. The molecule has 0 saturated heterocycles. The van der Waals surface area contributed by atoms with Crippen LogP contribution in [0.1, 0.15) is 20.9 Å². The maximum atomic E-state index is 13.3. The third-order valence-corrected chi connectivity index (χ3v) is 5.04. The maximum absolute atomic E-state index is 13.3. The van der Waals surface area contributed by atoms with Crippen LogP contribution in [0.3, 0.4) is 0 Å². The minimum Gasteiger partial charge on any atom is -0.301 e. The van der Waals surface area contributed by atoms with Crippen LogP contribution >= 0.6 is 11.3 Å². The molecule has 0 aliphatic heterocycles. The Morgan fingerprint density at radius 1 is 1.04 bits per heavy atom. The van der Waals surface area contributed by atoms with Gasteiger partial charge in [0.1, 0.15) is 5.01 Å². The quantitative estimate of drug-likeness (QED) is 0.523. The van der Waals surface area contributed by atoms with Gasteiger partial charge >= 0.3 is 0 Å². The highest BCUT2D eigenvalue weighted by Gasteiger charge is 2.21. The number of para-hydroxylation sites is 1. The predicted molar refractivity (Wildman–Crippen MR) is 106 cm³/mol. The molecule has 0 bridgehead atoms. The summed E-state index contributed by atoms with van der Waals surface area (Å²) < 4.78 is 0. The maximum Gasteiger partial charge on any atom is 0.258 e. The third kappa shape index (κ3) is 3.21. The van der Waals surface area contributed by atoms with E-state index >= 15 is 0 Å². The van der Waals surface area contributed by atoms with Gasteiger partial charge in [-0.1, -0.05) is 24.3 Å². The van der Waals surface area contributed by atoms with Gasteiger partial charge in [0, 0.05) is 34.4 Å². The molecule has 0 N–H and O–H groups in total. The average Bonchev–Trinajstić information content (AvgIpc) is 3.19. The summed E-state index contributed by atoms with van der Waals surface area (Å²) in [7, 11) is 0. The number of aryl methyl sites for hydroxylation is 1. The van der Waals surface area contributed by atoms with E-state index in [1.807, 2.05) is 66.9 Å². The van der Waals surface area contributed by atoms with Crippen LogP contribution < -0.4 is 4.90 Å². The van der Waals surface area contributed by atoms with Gasteiger partial charge < -0.3 is 4.90 Å². The molecule has 0 unspecified atom stereocenters. The predicted octanol–water partition coefficient (Wildman–Crippen LogP) is 4.85. The summed E-state index contributed by atoms with van der Waals surface area (Å²) in [4.78, 5) is 23.8. The standard InChI is InChI=1S/C21H17N3OS/c1-15-5-2-3-7-19(15)24(14-20-23-11-12-26-20)21(25)17-8-9-18-16(13-17)6-4-10-22-18/h2-13H,14H2,1H3. The zero-order valence-corrected chi connectivity index (χ0v) is 15.1. The molecule has 0 radical (unpaired) electrons. The van der Waals surface area contributed by atoms with Gasteiger partial charge in [-0.3, -0.25) is 9.78 Å². The van der Waals surface area contributed by atoms with Gasteiger partial charge in [-0.15, -0.1) is 11.3 Å². The van der Waals surface area contributed by atoms with E-state index in [9.17, 15) is 4.79 Å². The SMILES string of the molecule is Cc1ccccc1N(Cc1nccs1)C(=O)c1ccc2ncccc2c1. The van der Waals surface area contributed by atoms with Gasteiger partial charge in [0.15, 0.2) is 0 Å². The topological polar surface area (TPSA) is 46.1 Å². The second-order valence-corrected chi connectivity index (χ2v) is 6.99. The summed E-state index contributed by atoms with van der Waals surface area (Å²) in [6.07, 6.45) is 3.52. The van der Waals surface area contributed by atoms with Crippen LogP contribution in [0.25, 0.3) is 10.9 Å². The first kappa shape index (κ1) is 16.4. The van der Waals surface area contributed by atoms with E-state index in [-0.39, 0.29) is 5.91 Å². The number of aromatic nitrogens is 2. The molecule has 0 saturated carbocycles. The van der Waals surface area contributed by atoms with Crippen molar-refractivity contribution in [1.82, 2.24) is 9.97 Å². The minimum absolute atomic E-state index is 0.0414. The number of rotatable bonds is 4. The van der Waals surface area contributed by atoms with Crippen LogP contribution in [0.2, 0.25) is 0 Å². The number of amides is 1. The molecule has 128 valence electrons. The van der Waals surface area contributed by atoms with Gasteiger partial charge in [-0.05, 0) is 42.8 Å². The lowest BCUT2D eigenvalue weighted by molar-refractivity contribution is 0.0985. The Kier molecular flexibility index (Phi) is 4.46. The molecular weight excluding hydrogens is 342 g/mol. The van der Waals surface area contributed by atoms with E-state index in [1.165, 1.54) is 0 Å². The summed E-state index contributed by atoms with van der Waals surface area (Å²) in [5, 5.41) is 3.79. The molecule has 4 aromatic rings. The van der Waals surface area contributed by atoms with Crippen molar-refractivity contribution in [1.29, 1.82) is 0 Å². The summed E-state index contributed by atoms with van der Waals surface area (Å²) in [5.74, 6) is -0.0414. The molecule has 0 aliphatic carbocycles. The number of nitrogens with zero attached hydrogens (tertiary/aromatic N) is 3. The molecule has 0 atom stereocenters. The monoisotopic (exact) mass is 359 g/mol. The van der Waals surface area contributed by atoms with Crippen LogP contribution in [0, 0.1) is 6.92 Å². The zero-order valence-electron chi connectivity index (χ0n) is 14.3. The Morgan fingerprint density at radius 2 is 1.92 bits per heavy atom. The first-order valence-electron chi connectivity index (χ1n) is 8.33. The summed E-state index contributed by atoms with van der Waals surface area (Å²) in [6, 6.07) is 17.4. The van der Waals surface area contributed by atoms with Crippen molar-refractivity contribution in [3.63, 3.8) is 0 Å². The molecule has 2 aromatic carbocycles. The largest absolute Gasteiger partial charge is 0.301 e. The number of hydrogen-bond donors (Lipinski definition) is 0. The molecule has 0 spiro atoms. The van der Waals surface area contributed by atoms with Crippen molar-refractivity contribution in [3.05, 3.63) is 88.5 Å². The van der Waals surface area contributed by atoms with E-state index in [1.54, 1.807) is 28.6 Å². The van der Waals surface area contributed by atoms with E-state index in [0.29, 0.717) is 12.1 Å². The fourth-order valence-electron chi connectivity index (χ4n) is 2.96.